The van der Waals surface area contributed by atoms with Crippen LogP contribution in [0.25, 0.3) is 0 Å². The minimum absolute atomic E-state index is 0.0480. The predicted molar refractivity (Wildman–Crippen MR) is 55.9 cm³/mol. The van der Waals surface area contributed by atoms with E-state index in [2.05, 4.69) is 20.3 Å². The van der Waals surface area contributed by atoms with E-state index in [9.17, 15) is 9.90 Å². The number of hydrogen-bond donors (Lipinski definition) is 2. The van der Waals surface area contributed by atoms with Gasteiger partial charge in [0.05, 0.1) is 6.20 Å². The van der Waals surface area contributed by atoms with E-state index < -0.39 is 5.91 Å². The molecule has 0 unspecified atom stereocenters. The standard InChI is InChI=1S/C10H8N4O2/c15-7-2-1-3-13-9(7)10(16)14-8-6-11-4-5-12-8/h1-6,15H,(H,12,14,16). The topological polar surface area (TPSA) is 88.0 Å². The molecule has 0 spiro atoms. The van der Waals surface area contributed by atoms with Gasteiger partial charge in [0.15, 0.2) is 11.5 Å². The van der Waals surface area contributed by atoms with Crippen LogP contribution in [0.3, 0.4) is 0 Å². The average molecular weight is 216 g/mol. The van der Waals surface area contributed by atoms with Crippen LogP contribution in [0.4, 0.5) is 5.82 Å². The molecule has 0 saturated carbocycles. The van der Waals surface area contributed by atoms with Crippen molar-refractivity contribution in [3.05, 3.63) is 42.6 Å². The summed E-state index contributed by atoms with van der Waals surface area (Å²) in [4.78, 5) is 23.1. The van der Waals surface area contributed by atoms with Gasteiger partial charge in [-0.15, -0.1) is 0 Å². The molecule has 0 aromatic carbocycles. The van der Waals surface area contributed by atoms with E-state index in [-0.39, 0.29) is 11.4 Å². The Balaban J connectivity index is 2.19. The molecule has 16 heavy (non-hydrogen) atoms. The van der Waals surface area contributed by atoms with Crippen LogP contribution in [0.5, 0.6) is 5.75 Å². The van der Waals surface area contributed by atoms with Crippen LogP contribution < -0.4 is 5.32 Å². The zero-order valence-corrected chi connectivity index (χ0v) is 8.16. The number of nitrogens with zero attached hydrogens (tertiary/aromatic N) is 3. The number of carbonyl (C=O) groups is 1. The van der Waals surface area contributed by atoms with Crippen molar-refractivity contribution in [1.29, 1.82) is 0 Å². The van der Waals surface area contributed by atoms with E-state index in [0.717, 1.165) is 0 Å². The molecule has 80 valence electrons. The second-order valence-electron chi connectivity index (χ2n) is 2.92. The van der Waals surface area contributed by atoms with Gasteiger partial charge in [-0.2, -0.15) is 0 Å². The average Bonchev–Trinajstić information content (AvgIpc) is 2.31. The lowest BCUT2D eigenvalue weighted by Gasteiger charge is -2.03. The predicted octanol–water partition coefficient (Wildman–Crippen LogP) is 0.829. The molecule has 6 nitrogen and oxygen atoms in total. The Bertz CT molecular complexity index is 501. The second kappa shape index (κ2) is 4.35. The molecule has 6 heteroatoms. The van der Waals surface area contributed by atoms with E-state index in [1.807, 2.05) is 0 Å². The molecule has 1 amide bonds. The van der Waals surface area contributed by atoms with Crippen LogP contribution in [0.2, 0.25) is 0 Å². The van der Waals surface area contributed by atoms with Crippen LogP contribution in [0.1, 0.15) is 10.5 Å². The number of hydrogen-bond acceptors (Lipinski definition) is 5. The first-order valence-electron chi connectivity index (χ1n) is 4.49. The monoisotopic (exact) mass is 216 g/mol. The largest absolute Gasteiger partial charge is 0.505 e. The molecule has 0 atom stereocenters. The van der Waals surface area contributed by atoms with Gasteiger partial charge in [-0.05, 0) is 12.1 Å². The van der Waals surface area contributed by atoms with Crippen LogP contribution in [-0.2, 0) is 0 Å². The van der Waals surface area contributed by atoms with Crippen molar-refractivity contribution in [2.24, 2.45) is 0 Å². The molecular weight excluding hydrogens is 208 g/mol. The Morgan fingerprint density at radius 3 is 2.81 bits per heavy atom. The minimum atomic E-state index is -0.529. The number of pyridine rings is 1. The highest BCUT2D eigenvalue weighted by Gasteiger charge is 2.12. The molecule has 0 aliphatic carbocycles. The SMILES string of the molecule is O=C(Nc1cnccn1)c1ncccc1O. The van der Waals surface area contributed by atoms with E-state index in [1.54, 1.807) is 0 Å². The van der Waals surface area contributed by atoms with Crippen molar-refractivity contribution in [2.75, 3.05) is 5.32 Å². The van der Waals surface area contributed by atoms with Crippen molar-refractivity contribution in [1.82, 2.24) is 15.0 Å². The highest BCUT2D eigenvalue weighted by atomic mass is 16.3. The molecule has 0 saturated heterocycles. The van der Waals surface area contributed by atoms with Crippen molar-refractivity contribution >= 4 is 11.7 Å². The summed E-state index contributed by atoms with van der Waals surface area (Å²) in [6.07, 6.45) is 5.77. The maximum absolute atomic E-state index is 11.6. The Hall–Kier alpha value is -2.50. The highest BCUT2D eigenvalue weighted by molar-refractivity contribution is 6.03. The fourth-order valence-electron chi connectivity index (χ4n) is 1.11. The zero-order chi connectivity index (χ0) is 11.4. The van der Waals surface area contributed by atoms with Gasteiger partial charge in [-0.3, -0.25) is 9.78 Å². The van der Waals surface area contributed by atoms with Crippen LogP contribution in [0.15, 0.2) is 36.9 Å². The van der Waals surface area contributed by atoms with Crippen molar-refractivity contribution in [3.63, 3.8) is 0 Å². The van der Waals surface area contributed by atoms with Gasteiger partial charge in [0.25, 0.3) is 5.91 Å². The molecule has 0 aliphatic rings. The van der Waals surface area contributed by atoms with Gasteiger partial charge in [0.2, 0.25) is 0 Å². The van der Waals surface area contributed by atoms with Gasteiger partial charge >= 0.3 is 0 Å². The van der Waals surface area contributed by atoms with Crippen LogP contribution in [-0.4, -0.2) is 26.0 Å². The first kappa shape index (κ1) is 10.0. The number of rotatable bonds is 2. The second-order valence-corrected chi connectivity index (χ2v) is 2.92. The van der Waals surface area contributed by atoms with E-state index in [4.69, 9.17) is 0 Å². The van der Waals surface area contributed by atoms with Gasteiger partial charge in [0.1, 0.15) is 5.75 Å². The molecule has 2 aromatic rings. The van der Waals surface area contributed by atoms with E-state index in [1.165, 1.54) is 36.9 Å². The first-order valence-corrected chi connectivity index (χ1v) is 4.49. The number of nitrogens with one attached hydrogen (secondary N) is 1. The van der Waals surface area contributed by atoms with E-state index in [0.29, 0.717) is 5.82 Å². The van der Waals surface area contributed by atoms with Crippen molar-refractivity contribution in [3.8, 4) is 5.75 Å². The molecule has 0 aliphatic heterocycles. The third-order valence-corrected chi connectivity index (χ3v) is 1.81. The summed E-state index contributed by atoms with van der Waals surface area (Å²) in [5.41, 5.74) is -0.0480. The van der Waals surface area contributed by atoms with Crippen molar-refractivity contribution in [2.45, 2.75) is 0 Å². The summed E-state index contributed by atoms with van der Waals surface area (Å²) >= 11 is 0. The molecule has 2 N–H and O–H groups in total. The van der Waals surface area contributed by atoms with E-state index >= 15 is 0 Å². The van der Waals surface area contributed by atoms with Gasteiger partial charge in [-0.1, -0.05) is 0 Å². The molecule has 0 radical (unpaired) electrons. The zero-order valence-electron chi connectivity index (χ0n) is 8.16. The molecule has 2 aromatic heterocycles. The third-order valence-electron chi connectivity index (χ3n) is 1.81. The summed E-state index contributed by atoms with van der Waals surface area (Å²) in [6, 6.07) is 2.92. The number of amides is 1. The normalized spacial score (nSPS) is 9.75. The van der Waals surface area contributed by atoms with Crippen LogP contribution in [0, 0.1) is 0 Å². The maximum Gasteiger partial charge on any atom is 0.279 e. The van der Waals surface area contributed by atoms with Gasteiger partial charge in [-0.25, -0.2) is 9.97 Å². The quantitative estimate of drug-likeness (QED) is 0.776. The molecule has 0 bridgehead atoms. The number of aromatic hydroxyl groups is 1. The Morgan fingerprint density at radius 2 is 2.12 bits per heavy atom. The molecule has 2 heterocycles. The summed E-state index contributed by atoms with van der Waals surface area (Å²) in [5, 5.41) is 11.9. The number of aromatic nitrogens is 3. The number of anilines is 1. The highest BCUT2D eigenvalue weighted by Crippen LogP contribution is 2.13. The Kier molecular flexibility index (Phi) is 2.73. The van der Waals surface area contributed by atoms with Crippen LogP contribution >= 0.6 is 0 Å². The lowest BCUT2D eigenvalue weighted by atomic mass is 10.3. The lowest BCUT2D eigenvalue weighted by molar-refractivity contribution is 0.101. The molecular formula is C10H8N4O2. The fraction of sp³-hybridized carbons (Fsp3) is 0. The summed E-state index contributed by atoms with van der Waals surface area (Å²) in [7, 11) is 0. The Labute approximate surface area is 91.0 Å². The molecule has 2 rings (SSSR count). The smallest absolute Gasteiger partial charge is 0.279 e. The van der Waals surface area contributed by atoms with Crippen molar-refractivity contribution < 1.29 is 9.90 Å². The summed E-state index contributed by atoms with van der Waals surface area (Å²) in [5.74, 6) is -0.403. The lowest BCUT2D eigenvalue weighted by Crippen LogP contribution is -2.14. The summed E-state index contributed by atoms with van der Waals surface area (Å²) in [6.45, 7) is 0. The Morgan fingerprint density at radius 1 is 1.25 bits per heavy atom. The van der Waals surface area contributed by atoms with Gasteiger partial charge < -0.3 is 10.4 Å². The fourth-order valence-corrected chi connectivity index (χ4v) is 1.11. The maximum atomic E-state index is 11.6. The van der Waals surface area contributed by atoms with Gasteiger partial charge in [0, 0.05) is 18.6 Å². The third kappa shape index (κ3) is 2.11. The number of carbonyl (C=O) groups excluding carboxylic acids is 1. The first-order chi connectivity index (χ1) is 7.77. The minimum Gasteiger partial charge on any atom is -0.505 e. The molecule has 0 fully saturated rings. The summed E-state index contributed by atoms with van der Waals surface area (Å²) < 4.78 is 0.